The third-order valence-electron chi connectivity index (χ3n) is 4.80. The van der Waals surface area contributed by atoms with E-state index in [-0.39, 0.29) is 11.3 Å². The highest BCUT2D eigenvalue weighted by molar-refractivity contribution is 6.02. The number of nitrogens with zero attached hydrogens (tertiary/aromatic N) is 4. The third-order valence-corrected chi connectivity index (χ3v) is 4.80. The van der Waals surface area contributed by atoms with Gasteiger partial charge in [0.15, 0.2) is 5.69 Å². The number of hydrogen-bond acceptors (Lipinski definition) is 5. The Labute approximate surface area is 163 Å². The molecule has 0 aliphatic rings. The number of aryl methyl sites for hydroxylation is 3. The zero-order chi connectivity index (χ0) is 20.9. The second-order valence-corrected chi connectivity index (χ2v) is 6.57. The van der Waals surface area contributed by atoms with Crippen LogP contribution in [0, 0.1) is 12.9 Å². The maximum Gasteiger partial charge on any atom is 0.356 e. The van der Waals surface area contributed by atoms with E-state index in [9.17, 15) is 19.1 Å². The Hall–Kier alpha value is -3.75. The normalized spacial score (nSPS) is 11.3. The van der Waals surface area contributed by atoms with Crippen LogP contribution in [0.15, 0.2) is 39.8 Å². The van der Waals surface area contributed by atoms with Gasteiger partial charge in [-0.3, -0.25) is 9.78 Å². The molecule has 0 radical (unpaired) electrons. The summed E-state index contributed by atoms with van der Waals surface area (Å²) in [6.45, 7) is 4.00. The molecular formula is C20H17FN4O4. The lowest BCUT2D eigenvalue weighted by molar-refractivity contribution is 0.0691. The van der Waals surface area contributed by atoms with Crippen LogP contribution >= 0.6 is 0 Å². The molecule has 0 bridgehead atoms. The molecule has 0 amide bonds. The van der Waals surface area contributed by atoms with Gasteiger partial charge in [0.05, 0.1) is 22.5 Å². The largest absolute Gasteiger partial charge is 0.476 e. The number of hydrogen-bond donors (Lipinski definition) is 1. The predicted octanol–water partition coefficient (Wildman–Crippen LogP) is 3.22. The minimum Gasteiger partial charge on any atom is -0.476 e. The minimum atomic E-state index is -1.30. The van der Waals surface area contributed by atoms with Crippen LogP contribution in [0.5, 0.6) is 0 Å². The molecular weight excluding hydrogens is 379 g/mol. The predicted molar refractivity (Wildman–Crippen MR) is 103 cm³/mol. The minimum absolute atomic E-state index is 0.257. The van der Waals surface area contributed by atoms with Crippen molar-refractivity contribution in [2.45, 2.75) is 20.4 Å². The standard InChI is InChI=1S/C20H17FN4O4/c1-4-25-14(7-12-8-15(21)23-17(18(12)25)20(27)28)13-6-5-11(9-22-13)16-10(2)29-24(3)19(16)26/h5-9H,4H2,1-3H3,(H,27,28). The summed E-state index contributed by atoms with van der Waals surface area (Å²) < 4.78 is 22.0. The Morgan fingerprint density at radius 2 is 2.07 bits per heavy atom. The Bertz CT molecular complexity index is 1320. The molecule has 148 valence electrons. The summed E-state index contributed by atoms with van der Waals surface area (Å²) in [5, 5.41) is 9.85. The monoisotopic (exact) mass is 396 g/mol. The maximum absolute atomic E-state index is 13.8. The van der Waals surface area contributed by atoms with Gasteiger partial charge in [0.2, 0.25) is 5.95 Å². The first-order valence-corrected chi connectivity index (χ1v) is 8.88. The van der Waals surface area contributed by atoms with E-state index in [1.807, 2.05) is 6.92 Å². The fraction of sp³-hybridized carbons (Fsp3) is 0.200. The van der Waals surface area contributed by atoms with Crippen molar-refractivity contribution in [3.8, 4) is 22.5 Å². The van der Waals surface area contributed by atoms with Crippen molar-refractivity contribution in [1.82, 2.24) is 19.3 Å². The highest BCUT2D eigenvalue weighted by atomic mass is 19.1. The van der Waals surface area contributed by atoms with Gasteiger partial charge in [-0.15, -0.1) is 0 Å². The molecule has 9 heteroatoms. The molecule has 4 heterocycles. The SMILES string of the molecule is CCn1c(-c2ccc(-c3c(C)on(C)c3=O)cn2)cc2cc(F)nc(C(=O)O)c21. The molecule has 4 rings (SSSR count). The number of aromatic carboxylic acids is 1. The fourth-order valence-electron chi connectivity index (χ4n) is 3.58. The number of rotatable bonds is 4. The van der Waals surface area contributed by atoms with Crippen LogP contribution in [-0.2, 0) is 13.6 Å². The molecule has 0 saturated carbocycles. The smallest absolute Gasteiger partial charge is 0.356 e. The first kappa shape index (κ1) is 18.6. The maximum atomic E-state index is 13.8. The summed E-state index contributed by atoms with van der Waals surface area (Å²) in [7, 11) is 1.54. The van der Waals surface area contributed by atoms with Gasteiger partial charge in [-0.25, -0.2) is 9.78 Å². The fourth-order valence-corrected chi connectivity index (χ4v) is 3.58. The summed E-state index contributed by atoms with van der Waals surface area (Å²) in [5.74, 6) is -1.67. The van der Waals surface area contributed by atoms with Crippen molar-refractivity contribution in [1.29, 1.82) is 0 Å². The zero-order valence-corrected chi connectivity index (χ0v) is 15.9. The Morgan fingerprint density at radius 1 is 1.31 bits per heavy atom. The van der Waals surface area contributed by atoms with E-state index in [1.165, 1.54) is 13.1 Å². The van der Waals surface area contributed by atoms with Crippen molar-refractivity contribution >= 4 is 16.9 Å². The lowest BCUT2D eigenvalue weighted by Crippen LogP contribution is -2.11. The molecule has 1 N–H and O–H groups in total. The molecule has 4 aromatic rings. The summed E-state index contributed by atoms with van der Waals surface area (Å²) >= 11 is 0. The van der Waals surface area contributed by atoms with Crippen molar-refractivity contribution in [2.75, 3.05) is 0 Å². The topological polar surface area (TPSA) is 103 Å². The van der Waals surface area contributed by atoms with Crippen LogP contribution in [0.2, 0.25) is 0 Å². The Kier molecular flexibility index (Phi) is 4.30. The Morgan fingerprint density at radius 3 is 2.62 bits per heavy atom. The lowest BCUT2D eigenvalue weighted by Gasteiger charge is -2.09. The van der Waals surface area contributed by atoms with E-state index >= 15 is 0 Å². The number of halogens is 1. The molecule has 0 unspecified atom stereocenters. The summed E-state index contributed by atoms with van der Waals surface area (Å²) in [5.41, 5.74) is 1.96. The lowest BCUT2D eigenvalue weighted by atomic mass is 10.1. The van der Waals surface area contributed by atoms with E-state index in [0.29, 0.717) is 45.7 Å². The second kappa shape index (κ2) is 6.69. The van der Waals surface area contributed by atoms with E-state index in [1.54, 1.807) is 35.9 Å². The number of carboxylic acids is 1. The van der Waals surface area contributed by atoms with E-state index in [0.717, 1.165) is 4.74 Å². The van der Waals surface area contributed by atoms with Gasteiger partial charge in [-0.1, -0.05) is 6.07 Å². The quantitative estimate of drug-likeness (QED) is 0.531. The molecule has 0 atom stereocenters. The number of carboxylic acid groups (broad SMARTS) is 1. The number of pyridine rings is 2. The second-order valence-electron chi connectivity index (χ2n) is 6.57. The highest BCUT2D eigenvalue weighted by Gasteiger charge is 2.21. The number of fused-ring (bicyclic) bond motifs is 1. The third kappa shape index (κ3) is 2.91. The van der Waals surface area contributed by atoms with Gasteiger partial charge < -0.3 is 14.2 Å². The van der Waals surface area contributed by atoms with E-state index < -0.39 is 11.9 Å². The van der Waals surface area contributed by atoms with Crippen LogP contribution in [0.25, 0.3) is 33.4 Å². The Balaban J connectivity index is 1.88. The molecule has 0 fully saturated rings. The summed E-state index contributed by atoms with van der Waals surface area (Å²) in [6, 6.07) is 6.35. The van der Waals surface area contributed by atoms with Crippen LogP contribution in [0.1, 0.15) is 23.2 Å². The first-order chi connectivity index (χ1) is 13.8. The van der Waals surface area contributed by atoms with E-state index in [2.05, 4.69) is 9.97 Å². The van der Waals surface area contributed by atoms with Crippen LogP contribution < -0.4 is 5.56 Å². The van der Waals surface area contributed by atoms with Crippen molar-refractivity contribution in [3.05, 3.63) is 58.2 Å². The molecule has 0 aliphatic carbocycles. The summed E-state index contributed by atoms with van der Waals surface area (Å²) in [4.78, 5) is 31.8. The average molecular weight is 396 g/mol. The molecule has 0 spiro atoms. The zero-order valence-electron chi connectivity index (χ0n) is 15.9. The molecule has 4 aromatic heterocycles. The van der Waals surface area contributed by atoms with Gasteiger partial charge in [0.1, 0.15) is 5.76 Å². The molecule has 0 aromatic carbocycles. The highest BCUT2D eigenvalue weighted by Crippen LogP contribution is 2.30. The number of aromatic nitrogens is 4. The molecule has 0 saturated heterocycles. The van der Waals surface area contributed by atoms with Crippen LogP contribution in [-0.4, -0.2) is 30.4 Å². The van der Waals surface area contributed by atoms with Crippen LogP contribution in [0.4, 0.5) is 4.39 Å². The molecule has 29 heavy (non-hydrogen) atoms. The first-order valence-electron chi connectivity index (χ1n) is 8.88. The average Bonchev–Trinajstić information content (AvgIpc) is 3.17. The number of carbonyl (C=O) groups is 1. The van der Waals surface area contributed by atoms with Crippen molar-refractivity contribution in [3.63, 3.8) is 0 Å². The van der Waals surface area contributed by atoms with Gasteiger partial charge in [-0.05, 0) is 26.0 Å². The molecule has 8 nitrogen and oxygen atoms in total. The van der Waals surface area contributed by atoms with Crippen molar-refractivity contribution in [2.24, 2.45) is 7.05 Å². The van der Waals surface area contributed by atoms with Crippen molar-refractivity contribution < 1.29 is 18.8 Å². The van der Waals surface area contributed by atoms with Crippen LogP contribution in [0.3, 0.4) is 0 Å². The summed E-state index contributed by atoms with van der Waals surface area (Å²) in [6.07, 6.45) is 1.56. The van der Waals surface area contributed by atoms with Gasteiger partial charge in [0.25, 0.3) is 5.56 Å². The van der Waals surface area contributed by atoms with E-state index in [4.69, 9.17) is 4.52 Å². The van der Waals surface area contributed by atoms with Gasteiger partial charge in [0, 0.05) is 36.8 Å². The van der Waals surface area contributed by atoms with Gasteiger partial charge in [-0.2, -0.15) is 9.13 Å². The van der Waals surface area contributed by atoms with Gasteiger partial charge >= 0.3 is 5.97 Å². The molecule has 0 aliphatic heterocycles.